The average Bonchev–Trinajstić information content (AvgIpc) is 1.41. The van der Waals surface area contributed by atoms with E-state index in [0.29, 0.717) is 0 Å². The van der Waals surface area contributed by atoms with Crippen molar-refractivity contribution in [1.29, 1.82) is 0 Å². The molecule has 0 rings (SSSR count). The zero-order valence-electron chi connectivity index (χ0n) is 4.17. The maximum absolute atomic E-state index is 9.00. The molecule has 0 aromatic carbocycles. The number of urea groups is 1. The van der Waals surface area contributed by atoms with Crippen LogP contribution in [0.4, 0.5) is 4.79 Å². The first kappa shape index (κ1) is 35.4. The van der Waals surface area contributed by atoms with Gasteiger partial charge in [0.15, 0.2) is 0 Å². The molecule has 0 aromatic rings. The summed E-state index contributed by atoms with van der Waals surface area (Å²) in [5.74, 6) is 0. The van der Waals surface area contributed by atoms with E-state index in [4.69, 9.17) is 8.63 Å². The molecule has 0 aliphatic carbocycles. The molecule has 0 saturated heterocycles. The van der Waals surface area contributed by atoms with Crippen molar-refractivity contribution in [2.24, 2.45) is 11.5 Å². The van der Waals surface area contributed by atoms with Gasteiger partial charge in [0.25, 0.3) is 0 Å². The van der Waals surface area contributed by atoms with Gasteiger partial charge in [0.1, 0.15) is 0 Å². The molecule has 0 fully saturated rings. The first-order valence-corrected chi connectivity index (χ1v) is 1.42. The molecular formula is CH8Cl2MnN2O3. The third kappa shape index (κ3) is 18200. The van der Waals surface area contributed by atoms with Crippen molar-refractivity contribution >= 4 is 30.8 Å². The number of hydrogen-bond acceptors (Lipinski definition) is 2. The molecule has 0 radical (unpaired) electrons. The fourth-order valence-electron chi connectivity index (χ4n) is 0. The van der Waals surface area contributed by atoms with Crippen molar-refractivity contribution in [1.82, 2.24) is 0 Å². The number of carbonyl (C=O) groups is 1. The standard InChI is InChI=1S/CH4N2O.2ClH.Mn.H2O.O/c2-1(3)4;;;;;/h(H4,2,3,4);2*1H;;1H2;. The molecule has 8 heteroatoms. The molecule has 0 heterocycles. The number of amides is 2. The summed E-state index contributed by atoms with van der Waals surface area (Å²) in [7, 11) is 0. The van der Waals surface area contributed by atoms with Crippen LogP contribution in [-0.4, -0.2) is 11.5 Å². The van der Waals surface area contributed by atoms with Gasteiger partial charge in [-0.3, -0.25) is 0 Å². The summed E-state index contributed by atoms with van der Waals surface area (Å²) in [6.45, 7) is 0. The first-order valence-electron chi connectivity index (χ1n) is 0.936. The number of rotatable bonds is 0. The summed E-state index contributed by atoms with van der Waals surface area (Å²) in [6, 6.07) is -0.833. The summed E-state index contributed by atoms with van der Waals surface area (Å²) in [5.41, 5.74) is 8.50. The molecule has 0 aromatic heterocycles. The van der Waals surface area contributed by atoms with E-state index in [-0.39, 0.29) is 30.3 Å². The Morgan fingerprint density at radius 2 is 1.11 bits per heavy atom. The summed E-state index contributed by atoms with van der Waals surface area (Å²) < 4.78 is 8.06. The Hall–Kier alpha value is 0.129. The van der Waals surface area contributed by atoms with Gasteiger partial charge in [-0.1, -0.05) is 0 Å². The molecular weight excluding hydrogens is 214 g/mol. The molecule has 0 aliphatic heterocycles. The second-order valence-electron chi connectivity index (χ2n) is 0.402. The van der Waals surface area contributed by atoms with Gasteiger partial charge in [0.2, 0.25) is 0 Å². The predicted molar refractivity (Wildman–Crippen MR) is 32.6 cm³/mol. The van der Waals surface area contributed by atoms with E-state index < -0.39 is 6.03 Å². The van der Waals surface area contributed by atoms with Gasteiger partial charge in [-0.05, 0) is 0 Å². The molecule has 0 aliphatic rings. The van der Waals surface area contributed by atoms with E-state index in [0.717, 1.165) is 0 Å². The Balaban J connectivity index is -0.00000000990. The minimum atomic E-state index is -0.833. The van der Waals surface area contributed by atoms with Crippen molar-refractivity contribution in [3.63, 3.8) is 0 Å². The fourth-order valence-corrected chi connectivity index (χ4v) is 0. The van der Waals surface area contributed by atoms with E-state index in [1.54, 1.807) is 15.9 Å². The molecule has 9 heavy (non-hydrogen) atoms. The van der Waals surface area contributed by atoms with Gasteiger partial charge in [-0.15, -0.1) is 24.8 Å². The Kier molecular flexibility index (Phi) is 166. The maximum atomic E-state index is 9.00. The monoisotopic (exact) mass is 221 g/mol. The number of nitrogens with two attached hydrogens (primary N) is 2. The normalized spacial score (nSPS) is 3.11. The molecule has 0 atom stereocenters. The predicted octanol–water partition coefficient (Wildman–Crippen LogP) is -1.08. The third-order valence-corrected chi connectivity index (χ3v) is 0. The van der Waals surface area contributed by atoms with Crippen LogP contribution >= 0.6 is 24.8 Å². The van der Waals surface area contributed by atoms with Crippen LogP contribution in [0, 0.1) is 0 Å². The van der Waals surface area contributed by atoms with Crippen LogP contribution in [0.15, 0.2) is 0 Å². The minimum absolute atomic E-state index is 0. The van der Waals surface area contributed by atoms with E-state index in [2.05, 4.69) is 11.5 Å². The zero-order valence-corrected chi connectivity index (χ0v) is 6.98. The summed E-state index contributed by atoms with van der Waals surface area (Å²) in [4.78, 5) is 9.00. The van der Waals surface area contributed by atoms with Gasteiger partial charge in [0.05, 0.1) is 0 Å². The average molecular weight is 222 g/mol. The first-order chi connectivity index (χ1) is 2.73. The van der Waals surface area contributed by atoms with E-state index in [9.17, 15) is 0 Å². The SMILES string of the molecule is Cl.Cl.NC(N)=O.O.[O]=[Mn]. The van der Waals surface area contributed by atoms with Crippen LogP contribution in [0.3, 0.4) is 0 Å². The molecule has 2 amide bonds. The second-order valence-corrected chi connectivity index (χ2v) is 0.402. The van der Waals surface area contributed by atoms with Crippen LogP contribution in [0.1, 0.15) is 0 Å². The second kappa shape index (κ2) is 42.2. The Bertz CT molecular complexity index is 51.1. The zero-order chi connectivity index (χ0) is 5.58. The van der Waals surface area contributed by atoms with Crippen molar-refractivity contribution < 1.29 is 30.1 Å². The van der Waals surface area contributed by atoms with Crippen LogP contribution in [0.25, 0.3) is 0 Å². The summed E-state index contributed by atoms with van der Waals surface area (Å²) in [5, 5.41) is 0. The van der Waals surface area contributed by atoms with Crippen LogP contribution in [0.2, 0.25) is 0 Å². The number of primary amides is 2. The number of halogens is 2. The number of hydrogen-bond donors (Lipinski definition) is 2. The van der Waals surface area contributed by atoms with Crippen molar-refractivity contribution in [2.75, 3.05) is 0 Å². The quantitative estimate of drug-likeness (QED) is 0.507. The van der Waals surface area contributed by atoms with E-state index >= 15 is 0 Å². The topological polar surface area (TPSA) is 118 Å². The summed E-state index contributed by atoms with van der Waals surface area (Å²) in [6.07, 6.45) is 0. The molecule has 0 saturated carbocycles. The molecule has 61 valence electrons. The van der Waals surface area contributed by atoms with Crippen molar-refractivity contribution in [2.45, 2.75) is 0 Å². The van der Waals surface area contributed by atoms with Gasteiger partial charge >= 0.3 is 25.8 Å². The van der Waals surface area contributed by atoms with Gasteiger partial charge in [-0.2, -0.15) is 0 Å². The van der Waals surface area contributed by atoms with E-state index in [1.165, 1.54) is 0 Å². The molecule has 5 nitrogen and oxygen atoms in total. The Morgan fingerprint density at radius 1 is 1.11 bits per heavy atom. The van der Waals surface area contributed by atoms with Crippen molar-refractivity contribution in [3.05, 3.63) is 0 Å². The van der Waals surface area contributed by atoms with E-state index in [1.807, 2.05) is 0 Å². The van der Waals surface area contributed by atoms with Crippen LogP contribution in [0.5, 0.6) is 0 Å². The van der Waals surface area contributed by atoms with Gasteiger partial charge < -0.3 is 16.9 Å². The molecule has 0 unspecified atom stereocenters. The fraction of sp³-hybridized carbons (Fsp3) is 0. The van der Waals surface area contributed by atoms with Gasteiger partial charge in [-0.25, -0.2) is 4.79 Å². The molecule has 0 spiro atoms. The third-order valence-electron chi connectivity index (χ3n) is 0. The molecule has 6 N–H and O–H groups in total. The van der Waals surface area contributed by atoms with Crippen molar-refractivity contribution in [3.8, 4) is 0 Å². The van der Waals surface area contributed by atoms with Crippen LogP contribution in [-0.2, 0) is 19.8 Å². The molecule has 0 bridgehead atoms. The number of carbonyl (C=O) groups excluding carboxylic acids is 1. The Labute approximate surface area is 72.7 Å². The summed E-state index contributed by atoms with van der Waals surface area (Å²) >= 11 is 1.69. The van der Waals surface area contributed by atoms with Crippen LogP contribution < -0.4 is 11.5 Å². The van der Waals surface area contributed by atoms with Gasteiger partial charge in [0, 0.05) is 0 Å². The Morgan fingerprint density at radius 3 is 1.11 bits per heavy atom.